The number of nitrogens with one attached hydrogen (secondary N) is 2. The highest BCUT2D eigenvalue weighted by atomic mass is 79.9. The van der Waals surface area contributed by atoms with Crippen LogP contribution in [0, 0.1) is 0 Å². The highest BCUT2D eigenvalue weighted by Gasteiger charge is 2.16. The molecule has 0 spiro atoms. The Morgan fingerprint density at radius 3 is 2.95 bits per heavy atom. The maximum absolute atomic E-state index is 12.1. The second-order valence-corrected chi connectivity index (χ2v) is 6.06. The van der Waals surface area contributed by atoms with E-state index in [0.717, 1.165) is 0 Å². The van der Waals surface area contributed by atoms with Crippen molar-refractivity contribution in [1.82, 2.24) is 15.2 Å². The van der Waals surface area contributed by atoms with Crippen LogP contribution in [-0.2, 0) is 10.0 Å². The van der Waals surface area contributed by atoms with Crippen molar-refractivity contribution in [1.29, 1.82) is 0 Å². The SMILES string of the molecule is CCOc1n[nH]c(NS(=O)(=O)c2cccc(Br)c2)n1. The standard InChI is InChI=1S/C10H11BrN4O3S/c1-2-18-10-12-9(13-14-10)15-19(16,17)8-5-3-4-7(11)6-8/h3-6H,2H2,1H3,(H2,12,13,14,15). The molecule has 1 heterocycles. The second-order valence-electron chi connectivity index (χ2n) is 3.46. The Morgan fingerprint density at radius 2 is 2.26 bits per heavy atom. The Labute approximate surface area is 118 Å². The van der Waals surface area contributed by atoms with E-state index in [2.05, 4.69) is 35.8 Å². The van der Waals surface area contributed by atoms with Crippen LogP contribution in [-0.4, -0.2) is 30.2 Å². The molecule has 7 nitrogen and oxygen atoms in total. The van der Waals surface area contributed by atoms with E-state index in [1.807, 2.05) is 0 Å². The van der Waals surface area contributed by atoms with E-state index in [1.165, 1.54) is 12.1 Å². The van der Waals surface area contributed by atoms with Crippen LogP contribution in [0.1, 0.15) is 6.92 Å². The minimum absolute atomic E-state index is 0.00317. The summed E-state index contributed by atoms with van der Waals surface area (Å²) in [6, 6.07) is 6.43. The zero-order chi connectivity index (χ0) is 13.9. The van der Waals surface area contributed by atoms with Gasteiger partial charge in [-0.3, -0.25) is 0 Å². The summed E-state index contributed by atoms with van der Waals surface area (Å²) in [4.78, 5) is 3.96. The first-order valence-electron chi connectivity index (χ1n) is 5.35. The Hall–Kier alpha value is -1.61. The molecule has 0 fully saturated rings. The number of ether oxygens (including phenoxy) is 1. The van der Waals surface area contributed by atoms with Gasteiger partial charge < -0.3 is 4.74 Å². The Balaban J connectivity index is 2.21. The highest BCUT2D eigenvalue weighted by molar-refractivity contribution is 9.10. The second kappa shape index (κ2) is 5.57. The number of nitrogens with zero attached hydrogens (tertiary/aromatic N) is 2. The maximum atomic E-state index is 12.1. The molecule has 1 aromatic heterocycles. The minimum Gasteiger partial charge on any atom is -0.463 e. The number of sulfonamides is 1. The van der Waals surface area contributed by atoms with Crippen LogP contribution in [0.3, 0.4) is 0 Å². The van der Waals surface area contributed by atoms with Crippen LogP contribution in [0.15, 0.2) is 33.6 Å². The van der Waals surface area contributed by atoms with Gasteiger partial charge in [-0.05, 0) is 25.1 Å². The topological polar surface area (TPSA) is 97.0 Å². The Bertz CT molecular complexity index is 671. The Morgan fingerprint density at radius 1 is 1.47 bits per heavy atom. The molecule has 2 N–H and O–H groups in total. The van der Waals surface area contributed by atoms with Gasteiger partial charge in [-0.15, -0.1) is 5.10 Å². The van der Waals surface area contributed by atoms with Crippen molar-refractivity contribution in [3.63, 3.8) is 0 Å². The first kappa shape index (κ1) is 13.8. The molecule has 0 radical (unpaired) electrons. The maximum Gasteiger partial charge on any atom is 0.337 e. The van der Waals surface area contributed by atoms with Gasteiger partial charge in [0.25, 0.3) is 10.0 Å². The molecule has 0 bridgehead atoms. The molecule has 2 rings (SSSR count). The van der Waals surface area contributed by atoms with Crippen molar-refractivity contribution in [2.75, 3.05) is 11.3 Å². The van der Waals surface area contributed by atoms with Crippen molar-refractivity contribution in [3.05, 3.63) is 28.7 Å². The molecule has 0 aliphatic carbocycles. The number of hydrogen-bond donors (Lipinski definition) is 2. The van der Waals surface area contributed by atoms with Crippen LogP contribution in [0.4, 0.5) is 5.95 Å². The number of aromatic nitrogens is 3. The van der Waals surface area contributed by atoms with Crippen molar-refractivity contribution < 1.29 is 13.2 Å². The van der Waals surface area contributed by atoms with Gasteiger partial charge in [0.2, 0.25) is 5.95 Å². The average Bonchev–Trinajstić information content (AvgIpc) is 2.76. The molecule has 0 saturated carbocycles. The van der Waals surface area contributed by atoms with Crippen molar-refractivity contribution >= 4 is 31.9 Å². The molecule has 0 unspecified atom stereocenters. The monoisotopic (exact) mass is 346 g/mol. The number of benzene rings is 1. The number of anilines is 1. The third kappa shape index (κ3) is 3.44. The lowest BCUT2D eigenvalue weighted by molar-refractivity contribution is 0.314. The average molecular weight is 347 g/mol. The summed E-state index contributed by atoms with van der Waals surface area (Å²) in [6.07, 6.45) is 0. The van der Waals surface area contributed by atoms with Gasteiger partial charge in [-0.2, -0.15) is 4.98 Å². The number of halogens is 1. The zero-order valence-electron chi connectivity index (χ0n) is 9.92. The van der Waals surface area contributed by atoms with Gasteiger partial charge in [0.1, 0.15) is 0 Å². The summed E-state index contributed by atoms with van der Waals surface area (Å²) in [5, 5.41) is 6.15. The van der Waals surface area contributed by atoms with Gasteiger partial charge in [-0.1, -0.05) is 22.0 Å². The highest BCUT2D eigenvalue weighted by Crippen LogP contribution is 2.18. The summed E-state index contributed by atoms with van der Waals surface area (Å²) in [5.74, 6) is 0.00317. The lowest BCUT2D eigenvalue weighted by atomic mass is 10.4. The number of hydrogen-bond acceptors (Lipinski definition) is 5. The van der Waals surface area contributed by atoms with E-state index in [9.17, 15) is 8.42 Å². The fraction of sp³-hybridized carbons (Fsp3) is 0.200. The molecular formula is C10H11BrN4O3S. The largest absolute Gasteiger partial charge is 0.463 e. The van der Waals surface area contributed by atoms with Crippen LogP contribution >= 0.6 is 15.9 Å². The predicted octanol–water partition coefficient (Wildman–Crippen LogP) is 1.77. The molecule has 0 aliphatic rings. The van der Waals surface area contributed by atoms with Crippen LogP contribution in [0.5, 0.6) is 6.01 Å². The summed E-state index contributed by atoms with van der Waals surface area (Å²) in [5.41, 5.74) is 0. The molecule has 19 heavy (non-hydrogen) atoms. The molecule has 0 amide bonds. The lowest BCUT2D eigenvalue weighted by Crippen LogP contribution is -2.14. The quantitative estimate of drug-likeness (QED) is 0.859. The molecule has 2 aromatic rings. The fourth-order valence-electron chi connectivity index (χ4n) is 1.31. The molecule has 9 heteroatoms. The third-order valence-corrected chi connectivity index (χ3v) is 3.91. The molecule has 0 aliphatic heterocycles. The number of rotatable bonds is 5. The van der Waals surface area contributed by atoms with Crippen molar-refractivity contribution in [3.8, 4) is 6.01 Å². The van der Waals surface area contributed by atoms with Gasteiger partial charge in [0, 0.05) is 4.47 Å². The molecular weight excluding hydrogens is 336 g/mol. The first-order chi connectivity index (χ1) is 9.01. The minimum atomic E-state index is -3.71. The summed E-state index contributed by atoms with van der Waals surface area (Å²) in [6.45, 7) is 2.18. The van der Waals surface area contributed by atoms with E-state index in [4.69, 9.17) is 4.74 Å². The smallest absolute Gasteiger partial charge is 0.337 e. The Kier molecular flexibility index (Phi) is 4.05. The zero-order valence-corrected chi connectivity index (χ0v) is 12.3. The van der Waals surface area contributed by atoms with E-state index in [0.29, 0.717) is 11.1 Å². The van der Waals surface area contributed by atoms with Gasteiger partial charge in [0.05, 0.1) is 11.5 Å². The van der Waals surface area contributed by atoms with Gasteiger partial charge >= 0.3 is 6.01 Å². The van der Waals surface area contributed by atoms with Crippen molar-refractivity contribution in [2.24, 2.45) is 0 Å². The van der Waals surface area contributed by atoms with Crippen molar-refractivity contribution in [2.45, 2.75) is 11.8 Å². The fourth-order valence-corrected chi connectivity index (χ4v) is 2.86. The lowest BCUT2D eigenvalue weighted by Gasteiger charge is -2.04. The molecule has 0 atom stereocenters. The predicted molar refractivity (Wildman–Crippen MR) is 72.5 cm³/mol. The van der Waals surface area contributed by atoms with E-state index in [1.54, 1.807) is 19.1 Å². The van der Waals surface area contributed by atoms with Crippen LogP contribution < -0.4 is 9.46 Å². The molecule has 1 aromatic carbocycles. The van der Waals surface area contributed by atoms with Gasteiger partial charge in [0.15, 0.2) is 0 Å². The van der Waals surface area contributed by atoms with Gasteiger partial charge in [-0.25, -0.2) is 18.2 Å². The molecule has 102 valence electrons. The summed E-state index contributed by atoms with van der Waals surface area (Å²) >= 11 is 3.22. The van der Waals surface area contributed by atoms with E-state index >= 15 is 0 Å². The van der Waals surface area contributed by atoms with E-state index in [-0.39, 0.29) is 16.9 Å². The summed E-state index contributed by atoms with van der Waals surface area (Å²) in [7, 11) is -3.71. The third-order valence-electron chi connectivity index (χ3n) is 2.08. The molecule has 0 saturated heterocycles. The van der Waals surface area contributed by atoms with E-state index < -0.39 is 10.0 Å². The number of H-pyrrole nitrogens is 1. The van der Waals surface area contributed by atoms with Crippen LogP contribution in [0.25, 0.3) is 0 Å². The normalized spacial score (nSPS) is 11.3. The number of aromatic amines is 1. The van der Waals surface area contributed by atoms with Crippen LogP contribution in [0.2, 0.25) is 0 Å². The first-order valence-corrected chi connectivity index (χ1v) is 7.62. The summed E-state index contributed by atoms with van der Waals surface area (Å²) < 4.78 is 32.1.